The summed E-state index contributed by atoms with van der Waals surface area (Å²) in [6, 6.07) is 1.84. The first-order chi connectivity index (χ1) is 3.39. The van der Waals surface area contributed by atoms with Gasteiger partial charge < -0.3 is 0 Å². The van der Waals surface area contributed by atoms with E-state index >= 15 is 0 Å². The van der Waals surface area contributed by atoms with Gasteiger partial charge in [0.2, 0.25) is 0 Å². The van der Waals surface area contributed by atoms with Crippen molar-refractivity contribution in [3.05, 3.63) is 17.6 Å². The monoisotopic (exact) mass is 131 g/mol. The van der Waals surface area contributed by atoms with Crippen LogP contribution in [0, 0.1) is 0 Å². The average Bonchev–Trinajstić information content (AvgIpc) is 1.69. The van der Waals surface area contributed by atoms with Crippen molar-refractivity contribution < 1.29 is 3.12 Å². The lowest BCUT2D eigenvalue weighted by Crippen LogP contribution is -2.08. The normalized spacial score (nSPS) is 8.57. The van der Waals surface area contributed by atoms with Gasteiger partial charge in [-0.15, -0.1) is 0 Å². The van der Waals surface area contributed by atoms with Gasteiger partial charge in [-0.25, -0.2) is 0 Å². The standard InChI is InChI=1S/C3H3N2S2/c6-5-4-2-1-3-7-5/h1-3H/q+1. The van der Waals surface area contributed by atoms with E-state index in [1.54, 1.807) is 6.20 Å². The Morgan fingerprint density at radius 2 is 2.57 bits per heavy atom. The minimum absolute atomic E-state index is 1.38. The Bertz CT molecular complexity index is 177. The van der Waals surface area contributed by atoms with E-state index in [2.05, 4.69) is 17.5 Å². The Morgan fingerprint density at radius 3 is 2.86 bits per heavy atom. The first-order valence-electron chi connectivity index (χ1n) is 1.73. The first-order valence-corrected chi connectivity index (χ1v) is 2.93. The molecule has 0 aliphatic heterocycles. The summed E-state index contributed by atoms with van der Waals surface area (Å²) in [5.74, 6) is 0. The summed E-state index contributed by atoms with van der Waals surface area (Å²) in [6.45, 7) is 0. The summed E-state index contributed by atoms with van der Waals surface area (Å²) in [4.78, 5) is 0. The van der Waals surface area contributed by atoms with Crippen molar-refractivity contribution in [3.63, 3.8) is 0 Å². The van der Waals surface area contributed by atoms with Gasteiger partial charge in [-0.05, 0) is 6.07 Å². The third-order valence-electron chi connectivity index (χ3n) is 0.477. The molecule has 1 rings (SSSR count). The van der Waals surface area contributed by atoms with E-state index in [1.165, 1.54) is 14.6 Å². The SMILES string of the molecule is S=[n+]1ncccs1. The molecule has 7 heavy (non-hydrogen) atoms. The zero-order valence-electron chi connectivity index (χ0n) is 3.44. The van der Waals surface area contributed by atoms with Crippen LogP contribution in [0.3, 0.4) is 0 Å². The minimum atomic E-state index is 1.38. The Kier molecular flexibility index (Phi) is 1.43. The van der Waals surface area contributed by atoms with Crippen LogP contribution in [0.1, 0.15) is 0 Å². The third-order valence-corrected chi connectivity index (χ3v) is 1.38. The van der Waals surface area contributed by atoms with E-state index in [0.29, 0.717) is 0 Å². The maximum Gasteiger partial charge on any atom is 0.323 e. The van der Waals surface area contributed by atoms with Crippen LogP contribution in [-0.4, -0.2) is 5.10 Å². The Balaban J connectivity index is 3.28. The highest BCUT2D eigenvalue weighted by Gasteiger charge is 1.79. The highest BCUT2D eigenvalue weighted by molar-refractivity contribution is 7.67. The van der Waals surface area contributed by atoms with Crippen molar-refractivity contribution in [2.24, 2.45) is 0 Å². The van der Waals surface area contributed by atoms with E-state index in [4.69, 9.17) is 0 Å². The second kappa shape index (κ2) is 2.09. The lowest BCUT2D eigenvalue weighted by molar-refractivity contribution is -0.431. The van der Waals surface area contributed by atoms with E-state index < -0.39 is 0 Å². The topological polar surface area (TPSA) is 18.8 Å². The summed E-state index contributed by atoms with van der Waals surface area (Å²) in [5.41, 5.74) is 0. The van der Waals surface area contributed by atoms with Crippen molar-refractivity contribution in [1.82, 2.24) is 5.10 Å². The molecule has 0 aliphatic carbocycles. The van der Waals surface area contributed by atoms with Crippen molar-refractivity contribution in [2.75, 3.05) is 0 Å². The average molecular weight is 131 g/mol. The fourth-order valence-electron chi connectivity index (χ4n) is 0.242. The predicted octanol–water partition coefficient (Wildman–Crippen LogP) is 0.672. The van der Waals surface area contributed by atoms with E-state index in [-0.39, 0.29) is 0 Å². The van der Waals surface area contributed by atoms with E-state index in [0.717, 1.165) is 0 Å². The van der Waals surface area contributed by atoms with Gasteiger partial charge in [0.15, 0.2) is 11.5 Å². The minimum Gasteiger partial charge on any atom is -0.0219 e. The summed E-state index contributed by atoms with van der Waals surface area (Å²) in [5, 5.41) is 5.60. The van der Waals surface area contributed by atoms with Crippen LogP contribution in [-0.2, 0) is 0 Å². The van der Waals surface area contributed by atoms with Gasteiger partial charge in [-0.3, -0.25) is 0 Å². The molecule has 0 bridgehead atoms. The molecule has 0 spiro atoms. The van der Waals surface area contributed by atoms with E-state index in [1.807, 2.05) is 11.4 Å². The molecule has 4 heteroatoms. The summed E-state index contributed by atoms with van der Waals surface area (Å²) in [7, 11) is 0. The highest BCUT2D eigenvalue weighted by Crippen LogP contribution is 1.76. The molecule has 0 aliphatic rings. The van der Waals surface area contributed by atoms with Crippen molar-refractivity contribution in [2.45, 2.75) is 0 Å². The molecule has 0 aromatic carbocycles. The van der Waals surface area contributed by atoms with Crippen molar-refractivity contribution in [3.8, 4) is 0 Å². The highest BCUT2D eigenvalue weighted by atomic mass is 32.2. The lowest BCUT2D eigenvalue weighted by atomic mass is 10.8. The Hall–Kier alpha value is -0.350. The molecule has 0 amide bonds. The molecule has 0 saturated carbocycles. The van der Waals surface area contributed by atoms with Gasteiger partial charge in [0.05, 0.1) is 14.7 Å². The number of rotatable bonds is 0. The second-order valence-electron chi connectivity index (χ2n) is 0.936. The van der Waals surface area contributed by atoms with Crippen molar-refractivity contribution in [1.29, 1.82) is 0 Å². The van der Waals surface area contributed by atoms with Gasteiger partial charge in [-0.2, -0.15) is 0 Å². The molecular weight excluding hydrogens is 128 g/mol. The summed E-state index contributed by atoms with van der Waals surface area (Å²) >= 11 is 6.02. The Morgan fingerprint density at radius 1 is 1.71 bits per heavy atom. The molecule has 0 fully saturated rings. The molecule has 1 aromatic rings. The maximum absolute atomic E-state index is 4.64. The van der Waals surface area contributed by atoms with Crippen LogP contribution in [0.5, 0.6) is 0 Å². The summed E-state index contributed by atoms with van der Waals surface area (Å²) < 4.78 is 1.38. The Labute approximate surface area is 50.4 Å². The van der Waals surface area contributed by atoms with Gasteiger partial charge in [0, 0.05) is 5.10 Å². The lowest BCUT2D eigenvalue weighted by Gasteiger charge is -1.61. The zero-order chi connectivity index (χ0) is 5.11. The van der Waals surface area contributed by atoms with Crippen LogP contribution in [0.25, 0.3) is 0 Å². The largest absolute Gasteiger partial charge is 0.323 e. The van der Waals surface area contributed by atoms with Crippen LogP contribution >= 0.6 is 24.0 Å². The quantitative estimate of drug-likeness (QED) is 0.482. The van der Waals surface area contributed by atoms with Crippen LogP contribution < -0.4 is 3.12 Å². The van der Waals surface area contributed by atoms with Gasteiger partial charge in [0.1, 0.15) is 0 Å². The summed E-state index contributed by atoms with van der Waals surface area (Å²) in [6.07, 6.45) is 1.66. The number of aromatic nitrogens is 2. The fraction of sp³-hybridized carbons (Fsp3) is 0. The van der Waals surface area contributed by atoms with Gasteiger partial charge in [0.25, 0.3) is 0 Å². The van der Waals surface area contributed by atoms with Crippen molar-refractivity contribution >= 4 is 24.0 Å². The molecule has 0 atom stereocenters. The maximum atomic E-state index is 4.64. The molecule has 0 saturated heterocycles. The van der Waals surface area contributed by atoms with Gasteiger partial charge in [-0.1, -0.05) is 0 Å². The zero-order valence-corrected chi connectivity index (χ0v) is 5.08. The molecule has 36 valence electrons. The smallest absolute Gasteiger partial charge is 0.0219 e. The number of hydrogen-bond acceptors (Lipinski definition) is 3. The predicted molar refractivity (Wildman–Crippen MR) is 29.7 cm³/mol. The molecular formula is C3H3N2S2+. The molecule has 1 aromatic heterocycles. The van der Waals surface area contributed by atoms with Gasteiger partial charge >= 0.3 is 12.4 Å². The molecule has 0 N–H and O–H groups in total. The fourth-order valence-corrected chi connectivity index (χ4v) is 0.800. The van der Waals surface area contributed by atoms with Crippen LogP contribution in [0.15, 0.2) is 17.6 Å². The molecule has 1 heterocycles. The first kappa shape index (κ1) is 4.80. The van der Waals surface area contributed by atoms with Crippen LogP contribution in [0.2, 0.25) is 0 Å². The molecule has 2 nitrogen and oxygen atoms in total. The molecule has 0 unspecified atom stereocenters. The van der Waals surface area contributed by atoms with E-state index in [9.17, 15) is 0 Å². The number of nitrogens with zero attached hydrogens (tertiary/aromatic N) is 2. The second-order valence-corrected chi connectivity index (χ2v) is 2.34. The third kappa shape index (κ3) is 1.29. The van der Waals surface area contributed by atoms with Crippen LogP contribution in [0.4, 0.5) is 0 Å². The molecule has 0 radical (unpaired) electrons. The number of hydrogen-bond donors (Lipinski definition) is 0.